The summed E-state index contributed by atoms with van der Waals surface area (Å²) in [5, 5.41) is 9.67. The Balaban J connectivity index is 1.81. The molecule has 134 valence electrons. The average Bonchev–Trinajstić information content (AvgIpc) is 2.99. The predicted octanol–water partition coefficient (Wildman–Crippen LogP) is 4.07. The number of aryl methyl sites for hydroxylation is 1. The maximum absolute atomic E-state index is 12.3. The molecule has 0 fully saturated rings. The van der Waals surface area contributed by atoms with E-state index in [1.807, 2.05) is 18.2 Å². The van der Waals surface area contributed by atoms with Gasteiger partial charge in [-0.15, -0.1) is 0 Å². The van der Waals surface area contributed by atoms with Crippen LogP contribution in [-0.2, 0) is 5.41 Å². The fourth-order valence-electron chi connectivity index (χ4n) is 2.54. The lowest BCUT2D eigenvalue weighted by Gasteiger charge is -2.23. The Morgan fingerprint density at radius 3 is 2.54 bits per heavy atom. The fraction of sp³-hybridized carbons (Fsp3) is 0.263. The van der Waals surface area contributed by atoms with Gasteiger partial charge in [0.2, 0.25) is 0 Å². The van der Waals surface area contributed by atoms with E-state index in [4.69, 9.17) is 4.52 Å². The van der Waals surface area contributed by atoms with Crippen LogP contribution in [0.5, 0.6) is 0 Å². The van der Waals surface area contributed by atoms with Gasteiger partial charge < -0.3 is 15.2 Å². The molecular weight excluding hydrogens is 330 g/mol. The first-order valence-corrected chi connectivity index (χ1v) is 8.26. The van der Waals surface area contributed by atoms with E-state index >= 15 is 0 Å². The van der Waals surface area contributed by atoms with Crippen molar-refractivity contribution in [2.24, 2.45) is 0 Å². The summed E-state index contributed by atoms with van der Waals surface area (Å²) in [6, 6.07) is 11.3. The summed E-state index contributed by atoms with van der Waals surface area (Å²) < 4.78 is 4.94. The summed E-state index contributed by atoms with van der Waals surface area (Å²) in [4.78, 5) is 20.6. The molecule has 0 aliphatic rings. The SMILES string of the molecule is Cc1cc(NC(=O)c2cc(Nc3ccccc3C(C)(C)C)ncn2)no1. The van der Waals surface area contributed by atoms with Gasteiger partial charge in [0.1, 0.15) is 23.6 Å². The van der Waals surface area contributed by atoms with Crippen LogP contribution >= 0.6 is 0 Å². The fourth-order valence-corrected chi connectivity index (χ4v) is 2.54. The van der Waals surface area contributed by atoms with Gasteiger partial charge in [0.05, 0.1) is 0 Å². The molecular formula is C19H21N5O2. The highest BCUT2D eigenvalue weighted by atomic mass is 16.5. The Kier molecular flexibility index (Phi) is 4.71. The molecule has 0 spiro atoms. The molecule has 0 bridgehead atoms. The largest absolute Gasteiger partial charge is 0.360 e. The molecule has 2 aromatic heterocycles. The monoisotopic (exact) mass is 351 g/mol. The van der Waals surface area contributed by atoms with Crippen LogP contribution in [0.25, 0.3) is 0 Å². The number of amides is 1. The van der Waals surface area contributed by atoms with Gasteiger partial charge in [0.15, 0.2) is 5.82 Å². The summed E-state index contributed by atoms with van der Waals surface area (Å²) in [5.74, 6) is 1.12. The minimum Gasteiger partial charge on any atom is -0.360 e. The average molecular weight is 351 g/mol. The third-order valence-electron chi connectivity index (χ3n) is 3.77. The molecule has 0 aliphatic carbocycles. The van der Waals surface area contributed by atoms with Gasteiger partial charge in [-0.05, 0) is 24.0 Å². The standard InChI is InChI=1S/C19H21N5O2/c1-12-9-17(24-26-12)23-18(25)15-10-16(21-11-20-15)22-14-8-6-5-7-13(14)19(2,3)4/h5-11H,1-4H3,(H,20,21,22)(H,23,24,25). The molecule has 0 saturated heterocycles. The number of para-hydroxylation sites is 1. The number of hydrogen-bond donors (Lipinski definition) is 2. The summed E-state index contributed by atoms with van der Waals surface area (Å²) in [6.07, 6.45) is 1.35. The highest BCUT2D eigenvalue weighted by molar-refractivity contribution is 6.02. The molecule has 1 aromatic carbocycles. The molecule has 3 rings (SSSR count). The van der Waals surface area contributed by atoms with E-state index in [1.54, 1.807) is 19.1 Å². The normalized spacial score (nSPS) is 11.2. The van der Waals surface area contributed by atoms with Crippen molar-refractivity contribution in [2.45, 2.75) is 33.1 Å². The molecule has 7 nitrogen and oxygen atoms in total. The van der Waals surface area contributed by atoms with Gasteiger partial charge in [0.25, 0.3) is 5.91 Å². The third kappa shape index (κ3) is 4.05. The van der Waals surface area contributed by atoms with E-state index < -0.39 is 0 Å². The first-order chi connectivity index (χ1) is 12.3. The number of benzene rings is 1. The van der Waals surface area contributed by atoms with Gasteiger partial charge in [-0.3, -0.25) is 4.79 Å². The van der Waals surface area contributed by atoms with Crippen molar-refractivity contribution in [1.82, 2.24) is 15.1 Å². The quantitative estimate of drug-likeness (QED) is 0.736. The molecule has 3 aromatic rings. The highest BCUT2D eigenvalue weighted by Crippen LogP contribution is 2.30. The molecule has 2 N–H and O–H groups in total. The smallest absolute Gasteiger partial charge is 0.275 e. The first kappa shape index (κ1) is 17.6. The molecule has 0 radical (unpaired) electrons. The minimum atomic E-state index is -0.382. The summed E-state index contributed by atoms with van der Waals surface area (Å²) in [7, 11) is 0. The first-order valence-electron chi connectivity index (χ1n) is 8.26. The van der Waals surface area contributed by atoms with Crippen molar-refractivity contribution >= 4 is 23.2 Å². The van der Waals surface area contributed by atoms with Crippen molar-refractivity contribution < 1.29 is 9.32 Å². The van der Waals surface area contributed by atoms with Crippen LogP contribution in [0.2, 0.25) is 0 Å². The van der Waals surface area contributed by atoms with Gasteiger partial charge in [-0.1, -0.05) is 44.1 Å². The Labute approximate surface area is 151 Å². The highest BCUT2D eigenvalue weighted by Gasteiger charge is 2.18. The maximum Gasteiger partial charge on any atom is 0.275 e. The van der Waals surface area contributed by atoms with Crippen molar-refractivity contribution in [1.29, 1.82) is 0 Å². The molecule has 7 heteroatoms. The topological polar surface area (TPSA) is 92.9 Å². The predicted molar refractivity (Wildman–Crippen MR) is 99.6 cm³/mol. The summed E-state index contributed by atoms with van der Waals surface area (Å²) >= 11 is 0. The second-order valence-electron chi connectivity index (χ2n) is 6.99. The zero-order valence-electron chi connectivity index (χ0n) is 15.2. The Hall–Kier alpha value is -3.22. The van der Waals surface area contributed by atoms with Crippen LogP contribution in [0.3, 0.4) is 0 Å². The minimum absolute atomic E-state index is 0.0262. The van der Waals surface area contributed by atoms with Crippen molar-refractivity contribution in [2.75, 3.05) is 10.6 Å². The third-order valence-corrected chi connectivity index (χ3v) is 3.77. The van der Waals surface area contributed by atoms with Crippen LogP contribution in [-0.4, -0.2) is 21.0 Å². The van der Waals surface area contributed by atoms with Crippen LogP contribution < -0.4 is 10.6 Å². The molecule has 0 saturated carbocycles. The molecule has 0 atom stereocenters. The number of aromatic nitrogens is 3. The van der Waals surface area contributed by atoms with E-state index in [0.29, 0.717) is 17.4 Å². The zero-order chi connectivity index (χ0) is 18.7. The van der Waals surface area contributed by atoms with Gasteiger partial charge in [-0.2, -0.15) is 0 Å². The Morgan fingerprint density at radius 1 is 1.08 bits per heavy atom. The number of carbonyl (C=O) groups is 1. The van der Waals surface area contributed by atoms with Crippen molar-refractivity contribution in [3.05, 3.63) is 59.7 Å². The van der Waals surface area contributed by atoms with Crippen molar-refractivity contribution in [3.8, 4) is 0 Å². The van der Waals surface area contributed by atoms with Crippen LogP contribution in [0, 0.1) is 6.92 Å². The molecule has 2 heterocycles. The van der Waals surface area contributed by atoms with E-state index in [1.165, 1.54) is 6.33 Å². The van der Waals surface area contributed by atoms with Crippen LogP contribution in [0.4, 0.5) is 17.3 Å². The number of nitrogens with one attached hydrogen (secondary N) is 2. The lowest BCUT2D eigenvalue weighted by molar-refractivity contribution is 0.102. The molecule has 0 unspecified atom stereocenters. The van der Waals surface area contributed by atoms with E-state index in [2.05, 4.69) is 52.6 Å². The Bertz CT molecular complexity index is 927. The summed E-state index contributed by atoms with van der Waals surface area (Å²) in [6.45, 7) is 8.19. The second-order valence-corrected chi connectivity index (χ2v) is 6.99. The van der Waals surface area contributed by atoms with Gasteiger partial charge in [-0.25, -0.2) is 9.97 Å². The van der Waals surface area contributed by atoms with Crippen molar-refractivity contribution in [3.63, 3.8) is 0 Å². The second kappa shape index (κ2) is 6.95. The number of rotatable bonds is 4. The number of carbonyl (C=O) groups excluding carboxylic acids is 1. The number of hydrogen-bond acceptors (Lipinski definition) is 6. The lowest BCUT2D eigenvalue weighted by Crippen LogP contribution is -2.15. The number of nitrogens with zero attached hydrogens (tertiary/aromatic N) is 3. The van der Waals surface area contributed by atoms with Gasteiger partial charge in [0, 0.05) is 17.8 Å². The molecule has 1 amide bonds. The Morgan fingerprint density at radius 2 is 1.85 bits per heavy atom. The van der Waals surface area contributed by atoms with Crippen LogP contribution in [0.15, 0.2) is 47.2 Å². The zero-order valence-corrected chi connectivity index (χ0v) is 15.2. The van der Waals surface area contributed by atoms with E-state index in [-0.39, 0.29) is 17.0 Å². The summed E-state index contributed by atoms with van der Waals surface area (Å²) in [5.41, 5.74) is 2.30. The number of anilines is 3. The van der Waals surface area contributed by atoms with Crippen LogP contribution in [0.1, 0.15) is 42.6 Å². The van der Waals surface area contributed by atoms with Gasteiger partial charge >= 0.3 is 0 Å². The molecule has 26 heavy (non-hydrogen) atoms. The van der Waals surface area contributed by atoms with E-state index in [9.17, 15) is 4.79 Å². The van der Waals surface area contributed by atoms with E-state index in [0.717, 1.165) is 11.3 Å². The molecule has 0 aliphatic heterocycles. The lowest BCUT2D eigenvalue weighted by atomic mass is 9.86. The maximum atomic E-state index is 12.3.